The second-order valence-corrected chi connectivity index (χ2v) is 7.35. The van der Waals surface area contributed by atoms with Gasteiger partial charge in [-0.15, -0.1) is 0 Å². The summed E-state index contributed by atoms with van der Waals surface area (Å²) in [4.78, 5) is 0. The largest absolute Gasteiger partial charge is 0.455 e. The molecular formula is C23H23N2O+. The number of aromatic nitrogens is 1. The number of nitrogens with zero attached hydrogens (tertiary/aromatic N) is 1. The highest BCUT2D eigenvalue weighted by Gasteiger charge is 2.38. The van der Waals surface area contributed by atoms with Crippen LogP contribution in [0.25, 0.3) is 33.2 Å². The normalized spacial score (nSPS) is 18.9. The smallest absolute Gasteiger partial charge is 0.216 e. The van der Waals surface area contributed by atoms with E-state index in [2.05, 4.69) is 78.5 Å². The van der Waals surface area contributed by atoms with E-state index in [0.29, 0.717) is 12.0 Å². The average molecular weight is 343 g/mol. The van der Waals surface area contributed by atoms with Gasteiger partial charge in [-0.3, -0.25) is 0 Å². The van der Waals surface area contributed by atoms with Gasteiger partial charge in [-0.1, -0.05) is 24.3 Å². The standard InChI is InChI=1S/C23H23N2O/c1-14-7-6-9-20-21(14)17-11-10-16-18(13-24-3)15(2)25-12-5-4-8-19(25)22(16)23(17)26-20/h4-12,15,18,24H,13H2,1-3H3/q+1. The number of fused-ring (bicyclic) bond motifs is 7. The molecule has 0 aliphatic carbocycles. The molecule has 2 atom stereocenters. The molecule has 2 aromatic carbocycles. The number of aryl methyl sites for hydroxylation is 1. The van der Waals surface area contributed by atoms with Crippen molar-refractivity contribution in [2.75, 3.05) is 13.6 Å². The Hall–Kier alpha value is -2.65. The summed E-state index contributed by atoms with van der Waals surface area (Å²) in [6.07, 6.45) is 2.19. The van der Waals surface area contributed by atoms with Gasteiger partial charge in [-0.2, -0.15) is 4.57 Å². The third-order valence-corrected chi connectivity index (χ3v) is 5.90. The molecule has 3 heterocycles. The average Bonchev–Trinajstić information content (AvgIpc) is 3.04. The highest BCUT2D eigenvalue weighted by molar-refractivity contribution is 6.11. The van der Waals surface area contributed by atoms with Crippen LogP contribution in [0.1, 0.15) is 30.0 Å². The van der Waals surface area contributed by atoms with E-state index in [1.54, 1.807) is 0 Å². The van der Waals surface area contributed by atoms with Crippen LogP contribution in [0.3, 0.4) is 0 Å². The lowest BCUT2D eigenvalue weighted by Gasteiger charge is -2.28. The van der Waals surface area contributed by atoms with Crippen LogP contribution < -0.4 is 9.88 Å². The molecule has 26 heavy (non-hydrogen) atoms. The third-order valence-electron chi connectivity index (χ3n) is 5.90. The predicted molar refractivity (Wildman–Crippen MR) is 105 cm³/mol. The topological polar surface area (TPSA) is 29.1 Å². The summed E-state index contributed by atoms with van der Waals surface area (Å²) < 4.78 is 8.81. The minimum absolute atomic E-state index is 0.398. The van der Waals surface area contributed by atoms with E-state index in [1.165, 1.54) is 33.2 Å². The quantitative estimate of drug-likeness (QED) is 0.533. The van der Waals surface area contributed by atoms with Crippen molar-refractivity contribution >= 4 is 21.9 Å². The van der Waals surface area contributed by atoms with Crippen LogP contribution in [0.15, 0.2) is 59.1 Å². The number of rotatable bonds is 2. The van der Waals surface area contributed by atoms with E-state index in [0.717, 1.165) is 17.7 Å². The Labute approximate surface area is 153 Å². The van der Waals surface area contributed by atoms with Crippen molar-refractivity contribution in [3.8, 4) is 11.3 Å². The fourth-order valence-corrected chi connectivity index (χ4v) is 4.63. The van der Waals surface area contributed by atoms with E-state index in [1.807, 2.05) is 7.05 Å². The highest BCUT2D eigenvalue weighted by atomic mass is 16.3. The first-order valence-electron chi connectivity index (χ1n) is 9.30. The number of likely N-dealkylation sites (N-methyl/N-ethyl adjacent to an activating group) is 1. The van der Waals surface area contributed by atoms with Crippen LogP contribution in [0.4, 0.5) is 0 Å². The molecule has 0 radical (unpaired) electrons. The zero-order valence-corrected chi connectivity index (χ0v) is 15.4. The number of hydrogen-bond donors (Lipinski definition) is 1. The van der Waals surface area contributed by atoms with E-state index in [-0.39, 0.29) is 0 Å². The molecule has 0 bridgehead atoms. The fourth-order valence-electron chi connectivity index (χ4n) is 4.63. The summed E-state index contributed by atoms with van der Waals surface area (Å²) >= 11 is 0. The molecule has 0 saturated heterocycles. The van der Waals surface area contributed by atoms with Crippen molar-refractivity contribution in [3.05, 3.63) is 65.9 Å². The summed E-state index contributed by atoms with van der Waals surface area (Å²) in [5.74, 6) is 0.411. The molecule has 1 N–H and O–H groups in total. The molecule has 0 spiro atoms. The summed E-state index contributed by atoms with van der Waals surface area (Å²) in [6.45, 7) is 5.41. The Kier molecular flexibility index (Phi) is 3.41. The number of nitrogens with one attached hydrogen (secondary N) is 1. The second-order valence-electron chi connectivity index (χ2n) is 7.35. The summed E-state index contributed by atoms with van der Waals surface area (Å²) in [6, 6.07) is 17.7. The lowest BCUT2D eigenvalue weighted by molar-refractivity contribution is -0.714. The molecule has 2 unspecified atom stereocenters. The first kappa shape index (κ1) is 15.6. The van der Waals surface area contributed by atoms with Crippen LogP contribution in [0.5, 0.6) is 0 Å². The maximum absolute atomic E-state index is 6.42. The number of hydrogen-bond acceptors (Lipinski definition) is 2. The van der Waals surface area contributed by atoms with E-state index in [9.17, 15) is 0 Å². The lowest BCUT2D eigenvalue weighted by atomic mass is 9.82. The molecule has 0 saturated carbocycles. The van der Waals surface area contributed by atoms with E-state index in [4.69, 9.17) is 4.42 Å². The molecule has 5 rings (SSSR count). The van der Waals surface area contributed by atoms with Crippen molar-refractivity contribution in [2.24, 2.45) is 0 Å². The second kappa shape index (κ2) is 5.68. The first-order chi connectivity index (χ1) is 12.7. The maximum atomic E-state index is 6.42. The molecule has 3 heteroatoms. The lowest BCUT2D eigenvalue weighted by Crippen LogP contribution is -2.47. The van der Waals surface area contributed by atoms with Crippen LogP contribution in [-0.4, -0.2) is 13.6 Å². The van der Waals surface area contributed by atoms with Crippen molar-refractivity contribution in [2.45, 2.75) is 25.8 Å². The zero-order valence-electron chi connectivity index (χ0n) is 15.4. The van der Waals surface area contributed by atoms with Gasteiger partial charge >= 0.3 is 0 Å². The number of furan rings is 1. The molecular weight excluding hydrogens is 320 g/mol. The Balaban J connectivity index is 1.92. The van der Waals surface area contributed by atoms with Crippen molar-refractivity contribution in [1.29, 1.82) is 0 Å². The molecule has 4 aromatic rings. The van der Waals surface area contributed by atoms with Crippen LogP contribution >= 0.6 is 0 Å². The van der Waals surface area contributed by atoms with Gasteiger partial charge in [0.15, 0.2) is 12.2 Å². The van der Waals surface area contributed by atoms with Crippen LogP contribution in [-0.2, 0) is 0 Å². The number of benzene rings is 2. The summed E-state index contributed by atoms with van der Waals surface area (Å²) in [5.41, 5.74) is 7.11. The Morgan fingerprint density at radius 1 is 1.08 bits per heavy atom. The molecule has 130 valence electrons. The van der Waals surface area contributed by atoms with Gasteiger partial charge in [0.1, 0.15) is 11.2 Å². The summed E-state index contributed by atoms with van der Waals surface area (Å²) in [5, 5.41) is 5.83. The fraction of sp³-hybridized carbons (Fsp3) is 0.261. The first-order valence-corrected chi connectivity index (χ1v) is 9.30. The highest BCUT2D eigenvalue weighted by Crippen LogP contribution is 2.44. The van der Waals surface area contributed by atoms with Crippen molar-refractivity contribution in [1.82, 2.24) is 5.32 Å². The Morgan fingerprint density at radius 3 is 2.81 bits per heavy atom. The van der Waals surface area contributed by atoms with Gasteiger partial charge < -0.3 is 9.73 Å². The van der Waals surface area contributed by atoms with Gasteiger partial charge in [0, 0.05) is 29.4 Å². The van der Waals surface area contributed by atoms with E-state index < -0.39 is 0 Å². The minimum atomic E-state index is 0.398. The predicted octanol–water partition coefficient (Wildman–Crippen LogP) is 4.73. The Morgan fingerprint density at radius 2 is 1.96 bits per heavy atom. The SMILES string of the molecule is CNCC1c2ccc3c(oc4cccc(C)c43)c2-c2cccc[n+]2C1C. The van der Waals surface area contributed by atoms with E-state index >= 15 is 0 Å². The molecule has 2 aromatic heterocycles. The van der Waals surface area contributed by atoms with Gasteiger partial charge in [0.25, 0.3) is 0 Å². The van der Waals surface area contributed by atoms with Crippen LogP contribution in [0.2, 0.25) is 0 Å². The monoisotopic (exact) mass is 343 g/mol. The zero-order chi connectivity index (χ0) is 17.8. The van der Waals surface area contributed by atoms with Crippen molar-refractivity contribution < 1.29 is 8.98 Å². The minimum Gasteiger partial charge on any atom is -0.455 e. The molecule has 0 fully saturated rings. The van der Waals surface area contributed by atoms with Crippen molar-refractivity contribution in [3.63, 3.8) is 0 Å². The van der Waals surface area contributed by atoms with Gasteiger partial charge in [-0.05, 0) is 44.2 Å². The van der Waals surface area contributed by atoms with Gasteiger partial charge in [-0.25, -0.2) is 0 Å². The molecule has 3 nitrogen and oxygen atoms in total. The third kappa shape index (κ3) is 2.01. The maximum Gasteiger partial charge on any atom is 0.216 e. The number of pyridine rings is 1. The molecule has 0 amide bonds. The molecule has 1 aliphatic rings. The van der Waals surface area contributed by atoms with Gasteiger partial charge in [0.2, 0.25) is 5.69 Å². The summed E-state index contributed by atoms with van der Waals surface area (Å²) in [7, 11) is 2.03. The van der Waals surface area contributed by atoms with Crippen LogP contribution in [0, 0.1) is 6.92 Å². The molecule has 1 aliphatic heterocycles. The Bertz CT molecular complexity index is 1140. The van der Waals surface area contributed by atoms with Gasteiger partial charge in [0.05, 0.1) is 11.5 Å².